The second-order valence-electron chi connectivity index (χ2n) is 5.54. The van der Waals surface area contributed by atoms with Crippen LogP contribution in [-0.4, -0.2) is 30.3 Å². The summed E-state index contributed by atoms with van der Waals surface area (Å²) in [5.74, 6) is 0.301. The average molecular weight is 245 g/mol. The molecule has 0 saturated heterocycles. The summed E-state index contributed by atoms with van der Waals surface area (Å²) in [5.41, 5.74) is 0.575. The van der Waals surface area contributed by atoms with Crippen LogP contribution in [-0.2, 0) is 0 Å². The number of rotatable bonds is 3. The van der Waals surface area contributed by atoms with Crippen LogP contribution in [0.4, 0.5) is 0 Å². The number of ketones is 1. The van der Waals surface area contributed by atoms with Gasteiger partial charge in [0.25, 0.3) is 0 Å². The number of nitrogens with zero attached hydrogens (tertiary/aromatic N) is 1. The molecule has 1 aromatic carbocycles. The fourth-order valence-electron chi connectivity index (χ4n) is 3.05. The molecule has 1 fully saturated rings. The first-order valence-corrected chi connectivity index (χ1v) is 6.94. The molecule has 0 aromatic heterocycles. The molecule has 0 heterocycles. The van der Waals surface area contributed by atoms with Crippen LogP contribution in [0.2, 0.25) is 0 Å². The Bertz CT molecular complexity index is 389. The SMILES string of the molecule is CN(C)C1(C(=O)c2ccccc2)CCCCCC1. The molecular formula is C16H23NO. The molecule has 98 valence electrons. The minimum Gasteiger partial charge on any atom is -0.297 e. The number of carbonyl (C=O) groups excluding carboxylic acids is 1. The normalized spacial score (nSPS) is 19.5. The van der Waals surface area contributed by atoms with Crippen molar-refractivity contribution in [3.8, 4) is 0 Å². The minimum absolute atomic E-state index is 0.280. The maximum atomic E-state index is 12.9. The molecule has 18 heavy (non-hydrogen) atoms. The van der Waals surface area contributed by atoms with Gasteiger partial charge >= 0.3 is 0 Å². The van der Waals surface area contributed by atoms with Gasteiger partial charge in [-0.25, -0.2) is 0 Å². The van der Waals surface area contributed by atoms with Crippen molar-refractivity contribution in [2.45, 2.75) is 44.1 Å². The van der Waals surface area contributed by atoms with Gasteiger partial charge in [0, 0.05) is 5.56 Å². The first-order chi connectivity index (χ1) is 8.67. The summed E-state index contributed by atoms with van der Waals surface area (Å²) in [6, 6.07) is 9.75. The van der Waals surface area contributed by atoms with Gasteiger partial charge in [0.15, 0.2) is 5.78 Å². The standard InChI is InChI=1S/C16H23NO/c1-17(2)16(12-8-3-4-9-13-16)15(18)14-10-6-5-7-11-14/h5-7,10-11H,3-4,8-9,12-13H2,1-2H3. The topological polar surface area (TPSA) is 20.3 Å². The molecule has 1 aliphatic carbocycles. The lowest BCUT2D eigenvalue weighted by molar-refractivity contribution is 0.0635. The molecule has 2 rings (SSSR count). The predicted molar refractivity (Wildman–Crippen MR) is 74.9 cm³/mol. The second kappa shape index (κ2) is 5.66. The van der Waals surface area contributed by atoms with Crippen LogP contribution in [0.1, 0.15) is 48.9 Å². The van der Waals surface area contributed by atoms with Gasteiger partial charge < -0.3 is 0 Å². The second-order valence-corrected chi connectivity index (χ2v) is 5.54. The molecule has 2 heteroatoms. The van der Waals surface area contributed by atoms with Gasteiger partial charge in [-0.15, -0.1) is 0 Å². The lowest BCUT2D eigenvalue weighted by atomic mass is 9.81. The third-order valence-electron chi connectivity index (χ3n) is 4.25. The highest BCUT2D eigenvalue weighted by atomic mass is 16.1. The van der Waals surface area contributed by atoms with E-state index in [1.807, 2.05) is 44.4 Å². The van der Waals surface area contributed by atoms with E-state index in [1.54, 1.807) is 0 Å². The number of carbonyl (C=O) groups is 1. The quantitative estimate of drug-likeness (QED) is 0.600. The zero-order valence-corrected chi connectivity index (χ0v) is 11.5. The summed E-state index contributed by atoms with van der Waals surface area (Å²) in [4.78, 5) is 15.0. The van der Waals surface area contributed by atoms with Crippen molar-refractivity contribution in [1.82, 2.24) is 4.90 Å². The molecular weight excluding hydrogens is 222 g/mol. The summed E-state index contributed by atoms with van der Waals surface area (Å²) in [5, 5.41) is 0. The average Bonchev–Trinajstić information content (AvgIpc) is 2.65. The van der Waals surface area contributed by atoms with E-state index in [9.17, 15) is 4.79 Å². The van der Waals surface area contributed by atoms with Crippen molar-refractivity contribution >= 4 is 5.78 Å². The number of hydrogen-bond acceptors (Lipinski definition) is 2. The molecule has 0 atom stereocenters. The van der Waals surface area contributed by atoms with Crippen LogP contribution < -0.4 is 0 Å². The number of Topliss-reactive ketones (excluding diaryl/α,β-unsaturated/α-hetero) is 1. The molecule has 0 amide bonds. The number of benzene rings is 1. The Morgan fingerprint density at radius 1 is 1.00 bits per heavy atom. The third-order valence-corrected chi connectivity index (χ3v) is 4.25. The Balaban J connectivity index is 2.32. The van der Waals surface area contributed by atoms with Crippen LogP contribution in [0.5, 0.6) is 0 Å². The van der Waals surface area contributed by atoms with Crippen molar-refractivity contribution in [2.75, 3.05) is 14.1 Å². The molecule has 1 aliphatic rings. The van der Waals surface area contributed by atoms with Gasteiger partial charge in [-0.1, -0.05) is 56.0 Å². The maximum Gasteiger partial charge on any atom is 0.183 e. The van der Waals surface area contributed by atoms with Crippen LogP contribution >= 0.6 is 0 Å². The van der Waals surface area contributed by atoms with Crippen molar-refractivity contribution in [3.05, 3.63) is 35.9 Å². The Hall–Kier alpha value is -1.15. The molecule has 2 nitrogen and oxygen atoms in total. The molecule has 1 saturated carbocycles. The molecule has 0 unspecified atom stereocenters. The Morgan fingerprint density at radius 2 is 1.56 bits per heavy atom. The van der Waals surface area contributed by atoms with E-state index in [2.05, 4.69) is 4.90 Å². The molecule has 0 bridgehead atoms. The minimum atomic E-state index is -0.280. The Labute approximate surface area is 110 Å². The monoisotopic (exact) mass is 245 g/mol. The maximum absolute atomic E-state index is 12.9. The van der Waals surface area contributed by atoms with Crippen molar-refractivity contribution in [3.63, 3.8) is 0 Å². The van der Waals surface area contributed by atoms with Gasteiger partial charge in [-0.05, 0) is 26.9 Å². The van der Waals surface area contributed by atoms with E-state index in [4.69, 9.17) is 0 Å². The molecule has 0 radical (unpaired) electrons. The fourth-order valence-corrected chi connectivity index (χ4v) is 3.05. The van der Waals surface area contributed by atoms with E-state index in [0.717, 1.165) is 31.2 Å². The zero-order valence-electron chi connectivity index (χ0n) is 11.5. The lowest BCUT2D eigenvalue weighted by Crippen LogP contribution is -2.50. The molecule has 0 spiro atoms. The summed E-state index contributed by atoms with van der Waals surface area (Å²) < 4.78 is 0. The van der Waals surface area contributed by atoms with Crippen LogP contribution in [0, 0.1) is 0 Å². The number of likely N-dealkylation sites (N-methyl/N-ethyl adjacent to an activating group) is 1. The fraction of sp³-hybridized carbons (Fsp3) is 0.562. The predicted octanol–water partition coefficient (Wildman–Crippen LogP) is 3.52. The molecule has 1 aromatic rings. The zero-order chi connectivity index (χ0) is 13.0. The highest BCUT2D eigenvalue weighted by molar-refractivity contribution is 6.03. The Morgan fingerprint density at radius 3 is 2.06 bits per heavy atom. The highest BCUT2D eigenvalue weighted by Gasteiger charge is 2.40. The van der Waals surface area contributed by atoms with Crippen LogP contribution in [0.3, 0.4) is 0 Å². The van der Waals surface area contributed by atoms with E-state index < -0.39 is 0 Å². The summed E-state index contributed by atoms with van der Waals surface area (Å²) >= 11 is 0. The van der Waals surface area contributed by atoms with E-state index in [0.29, 0.717) is 5.78 Å². The van der Waals surface area contributed by atoms with E-state index >= 15 is 0 Å². The smallest absolute Gasteiger partial charge is 0.183 e. The third kappa shape index (κ3) is 2.49. The lowest BCUT2D eigenvalue weighted by Gasteiger charge is -2.38. The summed E-state index contributed by atoms with van der Waals surface area (Å²) in [6.45, 7) is 0. The first kappa shape index (κ1) is 13.3. The van der Waals surface area contributed by atoms with Gasteiger partial charge in [-0.2, -0.15) is 0 Å². The largest absolute Gasteiger partial charge is 0.297 e. The summed E-state index contributed by atoms with van der Waals surface area (Å²) in [7, 11) is 4.10. The van der Waals surface area contributed by atoms with Gasteiger partial charge in [-0.3, -0.25) is 9.69 Å². The molecule has 0 N–H and O–H groups in total. The summed E-state index contributed by atoms with van der Waals surface area (Å²) in [6.07, 6.45) is 6.84. The highest BCUT2D eigenvalue weighted by Crippen LogP contribution is 2.34. The van der Waals surface area contributed by atoms with Crippen molar-refractivity contribution in [1.29, 1.82) is 0 Å². The van der Waals surface area contributed by atoms with E-state index in [1.165, 1.54) is 12.8 Å². The van der Waals surface area contributed by atoms with Crippen molar-refractivity contribution < 1.29 is 4.79 Å². The van der Waals surface area contributed by atoms with Crippen LogP contribution in [0.15, 0.2) is 30.3 Å². The van der Waals surface area contributed by atoms with E-state index in [-0.39, 0.29) is 5.54 Å². The molecule has 0 aliphatic heterocycles. The van der Waals surface area contributed by atoms with Gasteiger partial charge in [0.2, 0.25) is 0 Å². The van der Waals surface area contributed by atoms with Crippen molar-refractivity contribution in [2.24, 2.45) is 0 Å². The van der Waals surface area contributed by atoms with Gasteiger partial charge in [0.05, 0.1) is 5.54 Å². The Kier molecular flexibility index (Phi) is 4.18. The van der Waals surface area contributed by atoms with Gasteiger partial charge in [0.1, 0.15) is 0 Å². The van der Waals surface area contributed by atoms with Crippen LogP contribution in [0.25, 0.3) is 0 Å². The number of hydrogen-bond donors (Lipinski definition) is 0. The first-order valence-electron chi connectivity index (χ1n) is 6.94.